The summed E-state index contributed by atoms with van der Waals surface area (Å²) in [5.41, 5.74) is 17.5. The van der Waals surface area contributed by atoms with E-state index in [1.807, 2.05) is 0 Å². The third kappa shape index (κ3) is 5.19. The Morgan fingerprint density at radius 2 is 0.946 bits per heavy atom. The first-order valence-electron chi connectivity index (χ1n) is 19.2. The van der Waals surface area contributed by atoms with Gasteiger partial charge < -0.3 is 9.47 Å². The van der Waals surface area contributed by atoms with Crippen molar-refractivity contribution in [3.63, 3.8) is 0 Å². The lowest BCUT2D eigenvalue weighted by Crippen LogP contribution is -2.10. The average Bonchev–Trinajstić information content (AvgIpc) is 3.75. The van der Waals surface area contributed by atoms with Crippen LogP contribution in [0, 0.1) is 0 Å². The average molecular weight is 713 g/mol. The van der Waals surface area contributed by atoms with Gasteiger partial charge in [-0.1, -0.05) is 146 Å². The van der Waals surface area contributed by atoms with Crippen LogP contribution in [0.2, 0.25) is 0 Å². The van der Waals surface area contributed by atoms with E-state index in [0.29, 0.717) is 0 Å². The molecule has 0 N–H and O–H groups in total. The Bertz CT molecular complexity index is 3150. The Kier molecular flexibility index (Phi) is 7.36. The summed E-state index contributed by atoms with van der Waals surface area (Å²) < 4.78 is 2.40. The summed E-state index contributed by atoms with van der Waals surface area (Å²) >= 11 is 0. The van der Waals surface area contributed by atoms with Crippen LogP contribution in [0.15, 0.2) is 213 Å². The van der Waals surface area contributed by atoms with Gasteiger partial charge in [0.2, 0.25) is 0 Å². The Morgan fingerprint density at radius 1 is 0.339 bits per heavy atom. The molecule has 1 aliphatic rings. The lowest BCUT2D eigenvalue weighted by Gasteiger charge is -2.26. The van der Waals surface area contributed by atoms with E-state index in [2.05, 4.69) is 222 Å². The highest BCUT2D eigenvalue weighted by molar-refractivity contribution is 6.11. The Morgan fingerprint density at radius 3 is 1.79 bits per heavy atom. The fourth-order valence-electron chi connectivity index (χ4n) is 8.74. The van der Waals surface area contributed by atoms with Crippen LogP contribution in [0.3, 0.4) is 0 Å². The van der Waals surface area contributed by atoms with Gasteiger partial charge in [0.1, 0.15) is 0 Å². The van der Waals surface area contributed by atoms with Crippen molar-refractivity contribution in [3.8, 4) is 39.1 Å². The van der Waals surface area contributed by atoms with Crippen molar-refractivity contribution in [1.82, 2.24) is 4.57 Å². The zero-order valence-corrected chi connectivity index (χ0v) is 30.7. The maximum atomic E-state index is 4.56. The monoisotopic (exact) mass is 712 g/mol. The molecule has 262 valence electrons. The van der Waals surface area contributed by atoms with Gasteiger partial charge >= 0.3 is 0 Å². The van der Waals surface area contributed by atoms with Gasteiger partial charge in [0.25, 0.3) is 0 Å². The first kappa shape index (κ1) is 32.0. The van der Waals surface area contributed by atoms with Gasteiger partial charge in [-0.3, -0.25) is 0 Å². The predicted molar refractivity (Wildman–Crippen MR) is 237 cm³/mol. The van der Waals surface area contributed by atoms with E-state index in [1.165, 1.54) is 77.1 Å². The van der Waals surface area contributed by atoms with Crippen molar-refractivity contribution in [2.45, 2.75) is 0 Å². The molecule has 0 fully saturated rings. The highest BCUT2D eigenvalue weighted by atomic mass is 15.1. The molecule has 10 aromatic rings. The fourth-order valence-corrected chi connectivity index (χ4v) is 8.74. The van der Waals surface area contributed by atoms with E-state index in [0.717, 1.165) is 28.3 Å². The molecule has 2 heteroatoms. The van der Waals surface area contributed by atoms with E-state index in [9.17, 15) is 0 Å². The van der Waals surface area contributed by atoms with Gasteiger partial charge in [-0.25, -0.2) is 0 Å². The van der Waals surface area contributed by atoms with E-state index in [4.69, 9.17) is 0 Å². The molecule has 0 unspecified atom stereocenters. The van der Waals surface area contributed by atoms with Gasteiger partial charge in [0.05, 0.1) is 11.0 Å². The number of hydrogen-bond acceptors (Lipinski definition) is 1. The third-order valence-electron chi connectivity index (χ3n) is 11.5. The smallest absolute Gasteiger partial charge is 0.0542 e. The zero-order chi connectivity index (χ0) is 37.2. The van der Waals surface area contributed by atoms with Crippen LogP contribution in [0.25, 0.3) is 77.2 Å². The summed E-state index contributed by atoms with van der Waals surface area (Å²) in [5.74, 6) is 0. The summed E-state index contributed by atoms with van der Waals surface area (Å²) in [7, 11) is 0. The minimum Gasteiger partial charge on any atom is -0.310 e. The first-order chi connectivity index (χ1) is 27.7. The van der Waals surface area contributed by atoms with Crippen LogP contribution in [0.4, 0.5) is 17.1 Å². The number of fused-ring (bicyclic) bond motifs is 7. The van der Waals surface area contributed by atoms with Crippen LogP contribution >= 0.6 is 0 Å². The molecule has 2 nitrogen and oxygen atoms in total. The molecule has 1 aliphatic carbocycles. The van der Waals surface area contributed by atoms with Crippen LogP contribution in [-0.4, -0.2) is 4.57 Å². The number of para-hydroxylation sites is 1. The molecule has 0 saturated carbocycles. The van der Waals surface area contributed by atoms with Crippen LogP contribution < -0.4 is 4.90 Å². The molecule has 0 radical (unpaired) electrons. The SMILES string of the molecule is C=C1c2ccccc2-c2ccc(N(c3ccc(-c4cccc(-c5ccccc5)c4)cc3)c3ccc4c(c3)c3ccccc3n4-c3ccc4ccccc4c3)cc21. The fraction of sp³-hybridized carbons (Fsp3) is 0. The molecule has 0 spiro atoms. The number of aromatic nitrogens is 1. The van der Waals surface area contributed by atoms with Gasteiger partial charge in [-0.15, -0.1) is 0 Å². The first-order valence-corrected chi connectivity index (χ1v) is 19.2. The zero-order valence-electron chi connectivity index (χ0n) is 30.7. The maximum absolute atomic E-state index is 4.56. The van der Waals surface area contributed by atoms with E-state index < -0.39 is 0 Å². The summed E-state index contributed by atoms with van der Waals surface area (Å²) in [4.78, 5) is 2.39. The molecule has 0 saturated heterocycles. The van der Waals surface area contributed by atoms with Crippen LogP contribution in [0.1, 0.15) is 11.1 Å². The lowest BCUT2D eigenvalue weighted by atomic mass is 9.98. The maximum Gasteiger partial charge on any atom is 0.0542 e. The summed E-state index contributed by atoms with van der Waals surface area (Å²) in [6.07, 6.45) is 0. The van der Waals surface area contributed by atoms with Gasteiger partial charge in [0, 0.05) is 33.5 Å². The largest absolute Gasteiger partial charge is 0.310 e. The van der Waals surface area contributed by atoms with Crippen LogP contribution in [0.5, 0.6) is 0 Å². The molecule has 1 aromatic heterocycles. The molecule has 0 amide bonds. The molecule has 0 bridgehead atoms. The van der Waals surface area contributed by atoms with E-state index in [1.54, 1.807) is 0 Å². The van der Waals surface area contributed by atoms with Gasteiger partial charge in [-0.2, -0.15) is 0 Å². The highest BCUT2D eigenvalue weighted by Crippen LogP contribution is 2.47. The summed E-state index contributed by atoms with van der Waals surface area (Å²) in [6, 6.07) is 74.9. The Labute approximate surface area is 326 Å². The number of rotatable bonds is 6. The van der Waals surface area contributed by atoms with Crippen LogP contribution in [-0.2, 0) is 0 Å². The van der Waals surface area contributed by atoms with Crippen molar-refractivity contribution in [3.05, 3.63) is 224 Å². The minimum atomic E-state index is 1.07. The third-order valence-corrected chi connectivity index (χ3v) is 11.5. The van der Waals surface area contributed by atoms with Gasteiger partial charge in [-0.05, 0) is 128 Å². The second kappa shape index (κ2) is 12.9. The second-order valence-electron chi connectivity index (χ2n) is 14.7. The van der Waals surface area contributed by atoms with Gasteiger partial charge in [0.15, 0.2) is 0 Å². The molecule has 9 aromatic carbocycles. The van der Waals surface area contributed by atoms with Crippen molar-refractivity contribution in [1.29, 1.82) is 0 Å². The van der Waals surface area contributed by atoms with E-state index in [-0.39, 0.29) is 0 Å². The lowest BCUT2D eigenvalue weighted by molar-refractivity contribution is 1.18. The summed E-state index contributed by atoms with van der Waals surface area (Å²) in [5, 5.41) is 4.91. The molecular weight excluding hydrogens is 677 g/mol. The van der Waals surface area contributed by atoms with Crippen molar-refractivity contribution < 1.29 is 0 Å². The minimum absolute atomic E-state index is 1.07. The highest BCUT2D eigenvalue weighted by Gasteiger charge is 2.24. The Balaban J connectivity index is 1.07. The number of anilines is 3. The normalized spacial score (nSPS) is 12.0. The summed E-state index contributed by atoms with van der Waals surface area (Å²) in [6.45, 7) is 4.56. The van der Waals surface area contributed by atoms with Crippen molar-refractivity contribution >= 4 is 55.2 Å². The Hall–Kier alpha value is -7.42. The molecule has 0 aliphatic heterocycles. The molecule has 11 rings (SSSR count). The topological polar surface area (TPSA) is 8.17 Å². The van der Waals surface area contributed by atoms with Crippen molar-refractivity contribution in [2.24, 2.45) is 0 Å². The second-order valence-corrected chi connectivity index (χ2v) is 14.7. The standard InChI is InChI=1S/C54H36N2/c1-36-47-18-7-8-19-48(47)49-30-28-45(34-51(36)49)55(43-25-22-39(23-26-43)41-17-11-16-40(32-41)37-12-3-2-4-13-37)46-29-31-54-52(35-46)50-20-9-10-21-53(50)56(54)44-27-24-38-14-5-6-15-42(38)33-44/h2-35H,1H2. The molecule has 56 heavy (non-hydrogen) atoms. The number of hydrogen-bond donors (Lipinski definition) is 0. The van der Waals surface area contributed by atoms with E-state index >= 15 is 0 Å². The predicted octanol–water partition coefficient (Wildman–Crippen LogP) is 14.8. The molecular formula is C54H36N2. The number of nitrogens with zero attached hydrogens (tertiary/aromatic N) is 2. The number of benzene rings is 9. The molecule has 1 heterocycles. The quantitative estimate of drug-likeness (QED) is 0.167. The molecule has 0 atom stereocenters. The van der Waals surface area contributed by atoms with Crippen molar-refractivity contribution in [2.75, 3.05) is 4.90 Å².